The normalized spacial score (nSPS) is 11.5. The van der Waals surface area contributed by atoms with Gasteiger partial charge in [-0.1, -0.05) is 35.5 Å². The lowest BCUT2D eigenvalue weighted by atomic mass is 10.1. The molecule has 6 heteroatoms. The van der Waals surface area contributed by atoms with Gasteiger partial charge in [0.15, 0.2) is 0 Å². The quantitative estimate of drug-likeness (QED) is 0.524. The smallest absolute Gasteiger partial charge is 0.344 e. The van der Waals surface area contributed by atoms with Crippen molar-refractivity contribution in [3.63, 3.8) is 0 Å². The number of aromatic nitrogens is 2. The van der Waals surface area contributed by atoms with E-state index in [0.29, 0.717) is 5.88 Å². The largest absolute Gasteiger partial charge is 0.403 e. The molecule has 1 aromatic heterocycles. The van der Waals surface area contributed by atoms with Crippen LogP contribution in [0.1, 0.15) is 42.4 Å². The summed E-state index contributed by atoms with van der Waals surface area (Å²) in [6.45, 7) is 9.87. The first-order valence-corrected chi connectivity index (χ1v) is 9.79. The second kappa shape index (κ2) is 7.80. The number of benzene rings is 2. The van der Waals surface area contributed by atoms with E-state index in [4.69, 9.17) is 4.74 Å². The summed E-state index contributed by atoms with van der Waals surface area (Å²) in [7, 11) is 0. The van der Waals surface area contributed by atoms with Crippen molar-refractivity contribution >= 4 is 17.7 Å². The van der Waals surface area contributed by atoms with Crippen LogP contribution in [-0.2, 0) is 5.54 Å². The maximum atomic E-state index is 13.5. The summed E-state index contributed by atoms with van der Waals surface area (Å²) in [5.74, 6) is -0.732. The van der Waals surface area contributed by atoms with Crippen LogP contribution >= 0.6 is 11.8 Å². The van der Waals surface area contributed by atoms with Crippen molar-refractivity contribution in [2.45, 2.75) is 49.9 Å². The summed E-state index contributed by atoms with van der Waals surface area (Å²) in [4.78, 5) is 14.5. The number of esters is 1. The number of aryl methyl sites for hydroxylation is 2. The molecule has 3 rings (SSSR count). The molecule has 0 amide bonds. The van der Waals surface area contributed by atoms with Gasteiger partial charge < -0.3 is 4.74 Å². The molecule has 28 heavy (non-hydrogen) atoms. The summed E-state index contributed by atoms with van der Waals surface area (Å²) < 4.78 is 20.9. The third-order valence-corrected chi connectivity index (χ3v) is 5.27. The van der Waals surface area contributed by atoms with E-state index in [1.165, 1.54) is 41.6 Å². The van der Waals surface area contributed by atoms with Crippen molar-refractivity contribution in [1.29, 1.82) is 0 Å². The van der Waals surface area contributed by atoms with Crippen LogP contribution in [0.5, 0.6) is 5.88 Å². The summed E-state index contributed by atoms with van der Waals surface area (Å²) in [6, 6.07) is 13.6. The maximum Gasteiger partial charge on any atom is 0.344 e. The number of rotatable bonds is 4. The highest BCUT2D eigenvalue weighted by atomic mass is 32.2. The van der Waals surface area contributed by atoms with E-state index in [9.17, 15) is 9.18 Å². The van der Waals surface area contributed by atoms with Crippen LogP contribution in [0.4, 0.5) is 4.39 Å². The first kappa shape index (κ1) is 20.1. The summed E-state index contributed by atoms with van der Waals surface area (Å²) in [5.41, 5.74) is 1.70. The number of ether oxygens (including phenoxy) is 1. The van der Waals surface area contributed by atoms with Gasteiger partial charge in [0.25, 0.3) is 0 Å². The minimum Gasteiger partial charge on any atom is -0.403 e. The highest BCUT2D eigenvalue weighted by Crippen LogP contribution is 2.40. The van der Waals surface area contributed by atoms with Gasteiger partial charge in [-0.2, -0.15) is 5.10 Å². The van der Waals surface area contributed by atoms with Crippen LogP contribution < -0.4 is 4.74 Å². The molecule has 0 saturated heterocycles. The van der Waals surface area contributed by atoms with Gasteiger partial charge >= 0.3 is 5.97 Å². The number of nitrogens with zero attached hydrogens (tertiary/aromatic N) is 2. The van der Waals surface area contributed by atoms with Crippen LogP contribution in [0.2, 0.25) is 0 Å². The predicted octanol–water partition coefficient (Wildman–Crippen LogP) is 5.76. The molecule has 0 aliphatic heterocycles. The zero-order chi connectivity index (χ0) is 20.5. The van der Waals surface area contributed by atoms with E-state index in [-0.39, 0.29) is 5.56 Å². The molecule has 4 nitrogen and oxygen atoms in total. The lowest BCUT2D eigenvalue weighted by molar-refractivity contribution is 0.0703. The summed E-state index contributed by atoms with van der Waals surface area (Å²) in [6.07, 6.45) is 0. The Labute approximate surface area is 168 Å². The van der Waals surface area contributed by atoms with E-state index >= 15 is 0 Å². The molecule has 0 aliphatic rings. The standard InChI is InChI=1S/C22H23FN2O2S/c1-14-9-11-18(12-10-14)28-19-15(2)24-25(22(3,4)5)20(19)27-21(26)16-7-6-8-17(23)13-16/h6-13H,1-5H3. The highest BCUT2D eigenvalue weighted by molar-refractivity contribution is 7.99. The van der Waals surface area contributed by atoms with Gasteiger partial charge in [0, 0.05) is 4.90 Å². The molecule has 146 valence electrons. The van der Waals surface area contributed by atoms with Crippen molar-refractivity contribution < 1.29 is 13.9 Å². The molecule has 3 aromatic rings. The van der Waals surface area contributed by atoms with Gasteiger partial charge in [-0.05, 0) is 65.0 Å². The summed E-state index contributed by atoms with van der Waals surface area (Å²) >= 11 is 1.49. The lowest BCUT2D eigenvalue weighted by Crippen LogP contribution is -2.25. The predicted molar refractivity (Wildman–Crippen MR) is 109 cm³/mol. The molecule has 0 bridgehead atoms. The molecule has 0 fully saturated rings. The molecule has 0 saturated carbocycles. The minimum absolute atomic E-state index is 0.158. The third kappa shape index (κ3) is 4.44. The van der Waals surface area contributed by atoms with Crippen molar-refractivity contribution in [3.05, 3.63) is 71.2 Å². The van der Waals surface area contributed by atoms with Crippen LogP contribution in [-0.4, -0.2) is 15.7 Å². The minimum atomic E-state index is -0.615. The first-order valence-electron chi connectivity index (χ1n) is 8.97. The Morgan fingerprint density at radius 2 is 1.79 bits per heavy atom. The van der Waals surface area contributed by atoms with Gasteiger partial charge in [0.05, 0.1) is 21.7 Å². The molecule has 0 N–H and O–H groups in total. The Hall–Kier alpha value is -2.60. The molecule has 2 aromatic carbocycles. The van der Waals surface area contributed by atoms with Gasteiger partial charge in [0.1, 0.15) is 5.82 Å². The number of carbonyl (C=O) groups excluding carboxylic acids is 1. The molecule has 0 aliphatic carbocycles. The van der Waals surface area contributed by atoms with Gasteiger partial charge in [-0.3, -0.25) is 0 Å². The molecular weight excluding hydrogens is 375 g/mol. The number of halogens is 1. The molecule has 1 heterocycles. The highest BCUT2D eigenvalue weighted by Gasteiger charge is 2.27. The van der Waals surface area contributed by atoms with Crippen molar-refractivity contribution in [2.75, 3.05) is 0 Å². The second-order valence-electron chi connectivity index (χ2n) is 7.62. The fraction of sp³-hybridized carbons (Fsp3) is 0.273. The molecule has 0 atom stereocenters. The second-order valence-corrected chi connectivity index (χ2v) is 8.70. The van der Waals surface area contributed by atoms with Crippen molar-refractivity contribution in [1.82, 2.24) is 9.78 Å². The van der Waals surface area contributed by atoms with Crippen molar-refractivity contribution in [2.24, 2.45) is 0 Å². The Bertz CT molecular complexity index is 1000. The maximum absolute atomic E-state index is 13.5. The molecule has 0 radical (unpaired) electrons. The number of carbonyl (C=O) groups is 1. The van der Waals surface area contributed by atoms with Gasteiger partial charge in [0.2, 0.25) is 5.88 Å². The van der Waals surface area contributed by atoms with Gasteiger partial charge in [-0.15, -0.1) is 0 Å². The third-order valence-electron chi connectivity index (χ3n) is 4.09. The molecule has 0 unspecified atom stereocenters. The number of hydrogen-bond donors (Lipinski definition) is 0. The van der Waals surface area contributed by atoms with Gasteiger partial charge in [-0.25, -0.2) is 13.9 Å². The number of hydrogen-bond acceptors (Lipinski definition) is 4. The zero-order valence-electron chi connectivity index (χ0n) is 16.6. The van der Waals surface area contributed by atoms with E-state index in [1.54, 1.807) is 4.68 Å². The van der Waals surface area contributed by atoms with Crippen molar-refractivity contribution in [3.8, 4) is 5.88 Å². The average molecular weight is 399 g/mol. The topological polar surface area (TPSA) is 44.1 Å². The molecule has 0 spiro atoms. The lowest BCUT2D eigenvalue weighted by Gasteiger charge is -2.22. The van der Waals surface area contributed by atoms with Crippen LogP contribution in [0.3, 0.4) is 0 Å². The van der Waals surface area contributed by atoms with E-state index in [1.807, 2.05) is 58.9 Å². The van der Waals surface area contributed by atoms with E-state index in [2.05, 4.69) is 5.10 Å². The monoisotopic (exact) mass is 398 g/mol. The van der Waals surface area contributed by atoms with Crippen LogP contribution in [0, 0.1) is 19.7 Å². The Kier molecular flexibility index (Phi) is 5.61. The fourth-order valence-corrected chi connectivity index (χ4v) is 3.55. The summed E-state index contributed by atoms with van der Waals surface area (Å²) in [5, 5.41) is 4.60. The van der Waals surface area contributed by atoms with E-state index < -0.39 is 17.3 Å². The fourth-order valence-electron chi connectivity index (χ4n) is 2.64. The Morgan fingerprint density at radius 3 is 2.39 bits per heavy atom. The van der Waals surface area contributed by atoms with E-state index in [0.717, 1.165) is 15.5 Å². The Morgan fingerprint density at radius 1 is 1.11 bits per heavy atom. The van der Waals surface area contributed by atoms with Crippen LogP contribution in [0.15, 0.2) is 58.3 Å². The molecular formula is C22H23FN2O2S. The van der Waals surface area contributed by atoms with Crippen LogP contribution in [0.25, 0.3) is 0 Å². The zero-order valence-corrected chi connectivity index (χ0v) is 17.4. The SMILES string of the molecule is Cc1ccc(Sc2c(C)nn(C(C)(C)C)c2OC(=O)c2cccc(F)c2)cc1. The first-order chi connectivity index (χ1) is 13.1. The average Bonchev–Trinajstić information content (AvgIpc) is 2.93. The Balaban J connectivity index is 2.01.